The number of anilines is 1. The van der Waals surface area contributed by atoms with Gasteiger partial charge in [-0.2, -0.15) is 0 Å². The topological polar surface area (TPSA) is 73.9 Å². The Hall–Kier alpha value is -3.54. The Morgan fingerprint density at radius 3 is 2.18 bits per heavy atom. The second kappa shape index (κ2) is 8.00. The third kappa shape index (κ3) is 3.49. The molecule has 3 aromatic carbocycles. The Balaban J connectivity index is 2.31. The summed E-state index contributed by atoms with van der Waals surface area (Å²) in [6.07, 6.45) is 0. The molecule has 0 bridgehead atoms. The van der Waals surface area contributed by atoms with Crippen molar-refractivity contribution in [1.82, 2.24) is 0 Å². The maximum Gasteiger partial charge on any atom is 0.221 e. The highest BCUT2D eigenvalue weighted by Gasteiger charge is 2.25. The van der Waals surface area contributed by atoms with Crippen LogP contribution in [0.15, 0.2) is 48.5 Å². The molecule has 0 radical (unpaired) electrons. The first-order valence-corrected chi connectivity index (χ1v) is 8.64. The molecule has 0 saturated heterocycles. The summed E-state index contributed by atoms with van der Waals surface area (Å²) in [5.41, 5.74) is 0.938. The second-order valence-corrected chi connectivity index (χ2v) is 6.13. The minimum Gasteiger partial charge on any atom is -0.497 e. The molecule has 1 amide bonds. The zero-order valence-corrected chi connectivity index (χ0v) is 16.2. The average Bonchev–Trinajstić information content (AvgIpc) is 2.71. The normalized spacial score (nSPS) is 10.4. The third-order valence-corrected chi connectivity index (χ3v) is 4.41. The van der Waals surface area contributed by atoms with Crippen LogP contribution in [0, 0.1) is 0 Å². The van der Waals surface area contributed by atoms with Gasteiger partial charge in [-0.1, -0.05) is 30.3 Å². The van der Waals surface area contributed by atoms with Crippen LogP contribution >= 0.6 is 0 Å². The van der Waals surface area contributed by atoms with Gasteiger partial charge in [-0.05, 0) is 16.8 Å². The van der Waals surface area contributed by atoms with Crippen molar-refractivity contribution in [2.45, 2.75) is 6.92 Å². The summed E-state index contributed by atoms with van der Waals surface area (Å²) in [5, 5.41) is 4.35. The Bertz CT molecular complexity index is 1060. The van der Waals surface area contributed by atoms with Crippen molar-refractivity contribution in [3.63, 3.8) is 0 Å². The zero-order valence-electron chi connectivity index (χ0n) is 16.2. The summed E-state index contributed by atoms with van der Waals surface area (Å²) >= 11 is 0. The number of benzene rings is 3. The van der Waals surface area contributed by atoms with Crippen LogP contribution in [0.25, 0.3) is 10.8 Å². The Morgan fingerprint density at radius 2 is 1.54 bits per heavy atom. The predicted molar refractivity (Wildman–Crippen MR) is 108 cm³/mol. The minimum absolute atomic E-state index is 0.230. The van der Waals surface area contributed by atoms with E-state index < -0.39 is 0 Å². The molecule has 144 valence electrons. The number of ketones is 1. The van der Waals surface area contributed by atoms with Gasteiger partial charge in [0.15, 0.2) is 0 Å². The molecule has 0 unspecified atom stereocenters. The van der Waals surface area contributed by atoms with E-state index in [1.807, 2.05) is 30.3 Å². The molecular weight excluding hydrogens is 358 g/mol. The molecular formula is C22H21NO5. The van der Waals surface area contributed by atoms with Crippen molar-refractivity contribution in [3.05, 3.63) is 59.7 Å². The first-order valence-electron chi connectivity index (χ1n) is 8.64. The number of amides is 1. The Morgan fingerprint density at radius 1 is 0.821 bits per heavy atom. The molecule has 6 nitrogen and oxygen atoms in total. The van der Waals surface area contributed by atoms with Gasteiger partial charge in [-0.3, -0.25) is 9.59 Å². The number of carbonyl (C=O) groups excluding carboxylic acids is 2. The lowest BCUT2D eigenvalue weighted by Crippen LogP contribution is -2.14. The maximum absolute atomic E-state index is 13.7. The van der Waals surface area contributed by atoms with Crippen molar-refractivity contribution >= 4 is 28.2 Å². The number of carbonyl (C=O) groups is 2. The monoisotopic (exact) mass is 379 g/mol. The van der Waals surface area contributed by atoms with Gasteiger partial charge >= 0.3 is 0 Å². The van der Waals surface area contributed by atoms with Gasteiger partial charge in [0.2, 0.25) is 11.7 Å². The van der Waals surface area contributed by atoms with Gasteiger partial charge in [-0.15, -0.1) is 0 Å². The molecule has 0 saturated carbocycles. The van der Waals surface area contributed by atoms with Crippen molar-refractivity contribution in [3.8, 4) is 17.2 Å². The van der Waals surface area contributed by atoms with Gasteiger partial charge in [-0.25, -0.2) is 0 Å². The van der Waals surface area contributed by atoms with E-state index in [9.17, 15) is 9.59 Å². The van der Waals surface area contributed by atoms with E-state index in [4.69, 9.17) is 14.2 Å². The highest BCUT2D eigenvalue weighted by Crippen LogP contribution is 2.38. The fourth-order valence-electron chi connectivity index (χ4n) is 3.17. The molecule has 3 rings (SSSR count). The van der Waals surface area contributed by atoms with Crippen LogP contribution < -0.4 is 19.5 Å². The molecule has 3 aromatic rings. The predicted octanol–water partition coefficient (Wildman–Crippen LogP) is 4.06. The van der Waals surface area contributed by atoms with Crippen LogP contribution in [-0.4, -0.2) is 33.0 Å². The number of ether oxygens (including phenoxy) is 3. The van der Waals surface area contributed by atoms with Crippen LogP contribution in [0.1, 0.15) is 22.8 Å². The Kier molecular flexibility index (Phi) is 5.49. The summed E-state index contributed by atoms with van der Waals surface area (Å²) in [7, 11) is 4.48. The van der Waals surface area contributed by atoms with E-state index in [0.717, 1.165) is 10.8 Å². The smallest absolute Gasteiger partial charge is 0.221 e. The quantitative estimate of drug-likeness (QED) is 0.654. The molecule has 0 aliphatic rings. The fourth-order valence-corrected chi connectivity index (χ4v) is 3.17. The lowest BCUT2D eigenvalue weighted by Gasteiger charge is -2.17. The average molecular weight is 379 g/mol. The molecule has 0 heterocycles. The van der Waals surface area contributed by atoms with Crippen LogP contribution in [0.5, 0.6) is 17.2 Å². The summed E-state index contributed by atoms with van der Waals surface area (Å²) in [6.45, 7) is 1.37. The molecule has 0 aromatic heterocycles. The number of fused-ring (bicyclic) bond motifs is 1. The van der Waals surface area contributed by atoms with E-state index in [0.29, 0.717) is 28.5 Å². The number of nitrogens with one attached hydrogen (secondary N) is 1. The minimum atomic E-state index is -0.322. The first kappa shape index (κ1) is 19.2. The lowest BCUT2D eigenvalue weighted by atomic mass is 9.94. The van der Waals surface area contributed by atoms with Crippen molar-refractivity contribution < 1.29 is 23.8 Å². The van der Waals surface area contributed by atoms with Crippen LogP contribution in [0.2, 0.25) is 0 Å². The second-order valence-electron chi connectivity index (χ2n) is 6.13. The van der Waals surface area contributed by atoms with Gasteiger partial charge in [0.05, 0.1) is 38.1 Å². The van der Waals surface area contributed by atoms with E-state index in [2.05, 4.69) is 5.32 Å². The largest absolute Gasteiger partial charge is 0.497 e. The van der Waals surface area contributed by atoms with Crippen molar-refractivity contribution in [2.75, 3.05) is 26.6 Å². The highest BCUT2D eigenvalue weighted by atomic mass is 16.5. The Labute approximate surface area is 163 Å². The number of hydrogen-bond donors (Lipinski definition) is 1. The zero-order chi connectivity index (χ0) is 20.3. The maximum atomic E-state index is 13.7. The summed E-state index contributed by atoms with van der Waals surface area (Å²) in [4.78, 5) is 25.4. The standard InChI is InChI=1S/C22H21NO5/c1-13(24)23-17-11-15(26-2)12-19(28-4)21(17)22(25)20-16-8-6-5-7-14(16)9-10-18(20)27-3/h5-12H,1-4H3,(H,23,24). The van der Waals surface area contributed by atoms with Gasteiger partial charge in [0.1, 0.15) is 17.2 Å². The van der Waals surface area contributed by atoms with Crippen LogP contribution in [0.3, 0.4) is 0 Å². The third-order valence-electron chi connectivity index (χ3n) is 4.41. The van der Waals surface area contributed by atoms with E-state index in [-0.39, 0.29) is 17.3 Å². The first-order chi connectivity index (χ1) is 13.5. The molecule has 0 atom stereocenters. The van der Waals surface area contributed by atoms with E-state index in [1.54, 1.807) is 18.2 Å². The van der Waals surface area contributed by atoms with Gasteiger partial charge in [0, 0.05) is 19.1 Å². The molecule has 0 fully saturated rings. The van der Waals surface area contributed by atoms with E-state index >= 15 is 0 Å². The number of methoxy groups -OCH3 is 3. The lowest BCUT2D eigenvalue weighted by molar-refractivity contribution is -0.114. The molecule has 0 aliphatic heterocycles. The molecule has 28 heavy (non-hydrogen) atoms. The molecule has 0 aliphatic carbocycles. The summed E-state index contributed by atoms with van der Waals surface area (Å²) in [5.74, 6) is 0.562. The van der Waals surface area contributed by atoms with Gasteiger partial charge in [0.25, 0.3) is 0 Å². The summed E-state index contributed by atoms with van der Waals surface area (Å²) < 4.78 is 16.2. The fraction of sp³-hybridized carbons (Fsp3) is 0.182. The molecule has 6 heteroatoms. The van der Waals surface area contributed by atoms with E-state index in [1.165, 1.54) is 28.3 Å². The summed E-state index contributed by atoms with van der Waals surface area (Å²) in [6, 6.07) is 14.4. The van der Waals surface area contributed by atoms with Gasteiger partial charge < -0.3 is 19.5 Å². The molecule has 0 spiro atoms. The SMILES string of the molecule is COc1cc(NC(C)=O)c(C(=O)c2c(OC)ccc3ccccc23)c(OC)c1. The number of rotatable bonds is 6. The van der Waals surface area contributed by atoms with Crippen molar-refractivity contribution in [1.29, 1.82) is 0 Å². The van der Waals surface area contributed by atoms with Crippen LogP contribution in [-0.2, 0) is 4.79 Å². The highest BCUT2D eigenvalue weighted by molar-refractivity contribution is 6.22. The van der Waals surface area contributed by atoms with Crippen molar-refractivity contribution in [2.24, 2.45) is 0 Å². The molecule has 1 N–H and O–H groups in total. The number of hydrogen-bond acceptors (Lipinski definition) is 5. The van der Waals surface area contributed by atoms with Crippen LogP contribution in [0.4, 0.5) is 5.69 Å².